The molecule has 0 unspecified atom stereocenters. The molecule has 1 aliphatic rings. The number of hydrogen-bond donors (Lipinski definition) is 2. The number of carbonyl (C=O) groups is 1. The minimum Gasteiger partial charge on any atom is -0.506 e. The maximum Gasteiger partial charge on any atom is 0.238 e. The minimum absolute atomic E-state index is 0.00217. The average molecular weight is 384 g/mol. The SMILES string of the molecule is C=CCSc1ccccc1NC(=O)CN1CCN(c2ccccc2O)CC1. The lowest BCUT2D eigenvalue weighted by Gasteiger charge is -2.35. The highest BCUT2D eigenvalue weighted by atomic mass is 32.2. The first-order valence-corrected chi connectivity index (χ1v) is 10.0. The molecule has 3 rings (SSSR count). The van der Waals surface area contributed by atoms with Gasteiger partial charge in [-0.05, 0) is 24.3 Å². The molecule has 0 aromatic heterocycles. The number of carbonyl (C=O) groups excluding carboxylic acids is 1. The van der Waals surface area contributed by atoms with Gasteiger partial charge in [0.2, 0.25) is 5.91 Å². The van der Waals surface area contributed by atoms with Crippen molar-refractivity contribution < 1.29 is 9.90 Å². The fourth-order valence-electron chi connectivity index (χ4n) is 3.12. The number of nitrogens with one attached hydrogen (secondary N) is 1. The summed E-state index contributed by atoms with van der Waals surface area (Å²) in [6, 6.07) is 15.2. The van der Waals surface area contributed by atoms with Crippen molar-refractivity contribution in [3.8, 4) is 5.75 Å². The second kappa shape index (κ2) is 9.48. The predicted octanol–water partition coefficient (Wildman–Crippen LogP) is 3.43. The van der Waals surface area contributed by atoms with Crippen LogP contribution in [-0.4, -0.2) is 54.4 Å². The topological polar surface area (TPSA) is 55.8 Å². The van der Waals surface area contributed by atoms with E-state index in [1.165, 1.54) is 0 Å². The lowest BCUT2D eigenvalue weighted by Crippen LogP contribution is -2.48. The number of benzene rings is 2. The monoisotopic (exact) mass is 383 g/mol. The fraction of sp³-hybridized carbons (Fsp3) is 0.286. The van der Waals surface area contributed by atoms with Crippen molar-refractivity contribution in [2.45, 2.75) is 4.90 Å². The normalized spacial score (nSPS) is 14.7. The summed E-state index contributed by atoms with van der Waals surface area (Å²) in [5.74, 6) is 1.11. The van der Waals surface area contributed by atoms with E-state index in [1.54, 1.807) is 17.8 Å². The molecule has 142 valence electrons. The number of para-hydroxylation sites is 3. The van der Waals surface area contributed by atoms with Crippen LogP contribution in [-0.2, 0) is 4.79 Å². The van der Waals surface area contributed by atoms with Crippen LogP contribution in [0.4, 0.5) is 11.4 Å². The van der Waals surface area contributed by atoms with Gasteiger partial charge >= 0.3 is 0 Å². The molecule has 27 heavy (non-hydrogen) atoms. The first-order chi connectivity index (χ1) is 13.2. The number of nitrogens with zero attached hydrogens (tertiary/aromatic N) is 2. The van der Waals surface area contributed by atoms with Crippen molar-refractivity contribution >= 4 is 29.0 Å². The van der Waals surface area contributed by atoms with Gasteiger partial charge in [-0.25, -0.2) is 0 Å². The van der Waals surface area contributed by atoms with E-state index < -0.39 is 0 Å². The van der Waals surface area contributed by atoms with Gasteiger partial charge in [-0.15, -0.1) is 18.3 Å². The van der Waals surface area contributed by atoms with Crippen molar-refractivity contribution in [3.05, 3.63) is 61.2 Å². The maximum atomic E-state index is 12.5. The lowest BCUT2D eigenvalue weighted by atomic mass is 10.2. The third kappa shape index (κ3) is 5.28. The lowest BCUT2D eigenvalue weighted by molar-refractivity contribution is -0.117. The van der Waals surface area contributed by atoms with Gasteiger partial charge < -0.3 is 15.3 Å². The zero-order valence-corrected chi connectivity index (χ0v) is 16.1. The van der Waals surface area contributed by atoms with Gasteiger partial charge in [0, 0.05) is 36.8 Å². The van der Waals surface area contributed by atoms with Crippen LogP contribution in [0.5, 0.6) is 5.75 Å². The van der Waals surface area contributed by atoms with Crippen molar-refractivity contribution in [1.82, 2.24) is 4.90 Å². The Hall–Kier alpha value is -2.44. The van der Waals surface area contributed by atoms with Gasteiger partial charge in [-0.1, -0.05) is 30.3 Å². The molecule has 1 amide bonds. The number of anilines is 2. The molecular formula is C21H25N3O2S. The van der Waals surface area contributed by atoms with Crippen LogP contribution < -0.4 is 10.2 Å². The summed E-state index contributed by atoms with van der Waals surface area (Å²) in [7, 11) is 0. The van der Waals surface area contributed by atoms with E-state index in [1.807, 2.05) is 48.5 Å². The van der Waals surface area contributed by atoms with Gasteiger partial charge in [0.1, 0.15) is 5.75 Å². The predicted molar refractivity (Wildman–Crippen MR) is 113 cm³/mol. The van der Waals surface area contributed by atoms with Gasteiger partial charge in [0.05, 0.1) is 17.9 Å². The molecule has 0 spiro atoms. The summed E-state index contributed by atoms with van der Waals surface area (Å²) in [6.45, 7) is 7.26. The molecule has 6 heteroatoms. The third-order valence-electron chi connectivity index (χ3n) is 4.48. The van der Waals surface area contributed by atoms with Crippen molar-refractivity contribution in [2.24, 2.45) is 0 Å². The van der Waals surface area contributed by atoms with E-state index in [0.717, 1.165) is 48.2 Å². The van der Waals surface area contributed by atoms with Crippen molar-refractivity contribution in [3.63, 3.8) is 0 Å². The molecule has 0 radical (unpaired) electrons. The molecule has 1 heterocycles. The number of phenolic OH excluding ortho intramolecular Hbond substituents is 1. The highest BCUT2D eigenvalue weighted by Crippen LogP contribution is 2.28. The van der Waals surface area contributed by atoms with Crippen LogP contribution in [0.3, 0.4) is 0 Å². The third-order valence-corrected chi connectivity index (χ3v) is 5.55. The Labute approximate surface area is 164 Å². The van der Waals surface area contributed by atoms with Gasteiger partial charge in [0.15, 0.2) is 0 Å². The van der Waals surface area contributed by atoms with Crippen LogP contribution in [0.2, 0.25) is 0 Å². The van der Waals surface area contributed by atoms with E-state index in [2.05, 4.69) is 21.7 Å². The molecule has 0 atom stereocenters. The molecule has 2 aromatic rings. The van der Waals surface area contributed by atoms with Crippen LogP contribution in [0.15, 0.2) is 66.1 Å². The molecule has 0 saturated carbocycles. The van der Waals surface area contributed by atoms with Gasteiger partial charge in [-0.3, -0.25) is 9.69 Å². The number of thioether (sulfide) groups is 1. The van der Waals surface area contributed by atoms with Crippen LogP contribution in [0.1, 0.15) is 0 Å². The zero-order valence-electron chi connectivity index (χ0n) is 15.3. The smallest absolute Gasteiger partial charge is 0.238 e. The van der Waals surface area contributed by atoms with Gasteiger partial charge in [-0.2, -0.15) is 0 Å². The number of piperazine rings is 1. The molecule has 1 saturated heterocycles. The molecule has 0 bridgehead atoms. The van der Waals surface area contributed by atoms with Crippen molar-refractivity contribution in [1.29, 1.82) is 0 Å². The Kier molecular flexibility index (Phi) is 6.79. The Morgan fingerprint density at radius 1 is 1.11 bits per heavy atom. The van der Waals surface area contributed by atoms with E-state index >= 15 is 0 Å². The van der Waals surface area contributed by atoms with Gasteiger partial charge in [0.25, 0.3) is 0 Å². The zero-order chi connectivity index (χ0) is 19.1. The highest BCUT2D eigenvalue weighted by molar-refractivity contribution is 7.99. The summed E-state index contributed by atoms with van der Waals surface area (Å²) in [5.41, 5.74) is 1.71. The van der Waals surface area contributed by atoms with Crippen LogP contribution in [0.25, 0.3) is 0 Å². The van der Waals surface area contributed by atoms with E-state index in [0.29, 0.717) is 12.3 Å². The number of rotatable bonds is 7. The first kappa shape index (κ1) is 19.3. The number of phenols is 1. The maximum absolute atomic E-state index is 12.5. The summed E-state index contributed by atoms with van der Waals surface area (Å²) < 4.78 is 0. The molecule has 1 aliphatic heterocycles. The number of aromatic hydroxyl groups is 1. The molecule has 2 N–H and O–H groups in total. The Morgan fingerprint density at radius 3 is 2.56 bits per heavy atom. The largest absolute Gasteiger partial charge is 0.506 e. The minimum atomic E-state index is -0.00217. The second-order valence-electron chi connectivity index (χ2n) is 6.40. The Bertz CT molecular complexity index is 789. The van der Waals surface area contributed by atoms with Crippen LogP contribution >= 0.6 is 11.8 Å². The van der Waals surface area contributed by atoms with E-state index in [4.69, 9.17) is 0 Å². The number of hydrogen-bond acceptors (Lipinski definition) is 5. The molecular weight excluding hydrogens is 358 g/mol. The standard InChI is InChI=1S/C21H25N3O2S/c1-2-15-27-20-10-6-3-7-17(20)22-21(26)16-23-11-13-24(14-12-23)18-8-4-5-9-19(18)25/h2-10,25H,1,11-16H2,(H,22,26). The average Bonchev–Trinajstić information content (AvgIpc) is 2.68. The summed E-state index contributed by atoms with van der Waals surface area (Å²) >= 11 is 1.66. The quantitative estimate of drug-likeness (QED) is 0.567. The number of amides is 1. The summed E-state index contributed by atoms with van der Waals surface area (Å²) in [5, 5.41) is 13.0. The molecule has 2 aromatic carbocycles. The first-order valence-electron chi connectivity index (χ1n) is 9.05. The van der Waals surface area contributed by atoms with Crippen LogP contribution in [0, 0.1) is 0 Å². The van der Waals surface area contributed by atoms with Crippen molar-refractivity contribution in [2.75, 3.05) is 48.7 Å². The molecule has 1 fully saturated rings. The molecule has 0 aliphatic carbocycles. The summed E-state index contributed by atoms with van der Waals surface area (Å²) in [4.78, 5) is 17.8. The second-order valence-corrected chi connectivity index (χ2v) is 7.46. The Balaban J connectivity index is 1.51. The van der Waals surface area contributed by atoms with E-state index in [-0.39, 0.29) is 5.91 Å². The Morgan fingerprint density at radius 2 is 1.81 bits per heavy atom. The fourth-order valence-corrected chi connectivity index (χ4v) is 3.86. The van der Waals surface area contributed by atoms with E-state index in [9.17, 15) is 9.90 Å². The summed E-state index contributed by atoms with van der Waals surface area (Å²) in [6.07, 6.45) is 1.85. The highest BCUT2D eigenvalue weighted by Gasteiger charge is 2.21. The molecule has 5 nitrogen and oxygen atoms in total.